The smallest absolute Gasteiger partial charge is 0.410 e. The molecule has 0 unspecified atom stereocenters. The molecule has 17 heavy (non-hydrogen) atoms. The third-order valence-electron chi connectivity index (χ3n) is 3.13. The summed E-state index contributed by atoms with van der Waals surface area (Å²) in [7, 11) is 0. The van der Waals surface area contributed by atoms with Crippen LogP contribution in [0, 0.1) is 11.8 Å². The predicted molar refractivity (Wildman–Crippen MR) is 66.8 cm³/mol. The van der Waals surface area contributed by atoms with E-state index >= 15 is 0 Å². The molecule has 1 rings (SSSR count). The maximum absolute atomic E-state index is 11.9. The molecule has 1 N–H and O–H groups in total. The first-order chi connectivity index (χ1) is 7.70. The first-order valence-corrected chi connectivity index (χ1v) is 6.36. The number of carbonyl (C=O) groups is 1. The van der Waals surface area contributed by atoms with Crippen molar-refractivity contribution in [1.82, 2.24) is 4.90 Å². The van der Waals surface area contributed by atoms with Crippen LogP contribution in [-0.2, 0) is 4.74 Å². The van der Waals surface area contributed by atoms with Crippen LogP contribution in [0.15, 0.2) is 0 Å². The summed E-state index contributed by atoms with van der Waals surface area (Å²) in [6, 6.07) is 0. The molecule has 0 aromatic rings. The van der Waals surface area contributed by atoms with E-state index in [0.717, 1.165) is 0 Å². The zero-order valence-electron chi connectivity index (χ0n) is 11.6. The van der Waals surface area contributed by atoms with E-state index in [0.29, 0.717) is 25.4 Å². The van der Waals surface area contributed by atoms with Gasteiger partial charge in [-0.15, -0.1) is 0 Å². The van der Waals surface area contributed by atoms with E-state index < -0.39 is 5.60 Å². The minimum atomic E-state index is -0.458. The average molecular weight is 243 g/mol. The van der Waals surface area contributed by atoms with E-state index in [4.69, 9.17) is 4.74 Å². The minimum absolute atomic E-state index is 0.149. The van der Waals surface area contributed by atoms with Crippen LogP contribution in [0.5, 0.6) is 0 Å². The highest BCUT2D eigenvalue weighted by Crippen LogP contribution is 2.25. The largest absolute Gasteiger partial charge is 0.444 e. The van der Waals surface area contributed by atoms with Crippen molar-refractivity contribution >= 4 is 6.09 Å². The molecule has 0 spiro atoms. The van der Waals surface area contributed by atoms with Crippen LogP contribution >= 0.6 is 0 Å². The molecule has 0 aromatic carbocycles. The highest BCUT2D eigenvalue weighted by atomic mass is 16.6. The summed E-state index contributed by atoms with van der Waals surface area (Å²) in [4.78, 5) is 13.6. The van der Waals surface area contributed by atoms with Gasteiger partial charge in [0.25, 0.3) is 0 Å². The number of amides is 1. The Morgan fingerprint density at radius 3 is 2.47 bits per heavy atom. The lowest BCUT2D eigenvalue weighted by atomic mass is 9.85. The van der Waals surface area contributed by atoms with Crippen LogP contribution in [0.3, 0.4) is 0 Å². The number of likely N-dealkylation sites (tertiary alicyclic amines) is 1. The molecule has 1 aliphatic rings. The normalized spacial score (nSPS) is 26.2. The quantitative estimate of drug-likeness (QED) is 0.768. The van der Waals surface area contributed by atoms with Crippen LogP contribution in [0.25, 0.3) is 0 Å². The minimum Gasteiger partial charge on any atom is -0.444 e. The first-order valence-electron chi connectivity index (χ1n) is 6.36. The van der Waals surface area contributed by atoms with E-state index in [1.54, 1.807) is 4.90 Å². The summed E-state index contributed by atoms with van der Waals surface area (Å²) in [6.45, 7) is 10.9. The summed E-state index contributed by atoms with van der Waals surface area (Å²) in [5, 5.41) is 9.89. The summed E-state index contributed by atoms with van der Waals surface area (Å²) < 4.78 is 5.35. The Morgan fingerprint density at radius 1 is 1.41 bits per heavy atom. The lowest BCUT2D eigenvalue weighted by Crippen LogP contribution is -2.49. The number of ether oxygens (including phenoxy) is 1. The molecule has 0 aliphatic carbocycles. The molecule has 1 aliphatic heterocycles. The average Bonchev–Trinajstić information content (AvgIpc) is 2.14. The van der Waals surface area contributed by atoms with Crippen LogP contribution in [0.4, 0.5) is 4.79 Å². The maximum atomic E-state index is 11.9. The van der Waals surface area contributed by atoms with Gasteiger partial charge in [0.15, 0.2) is 0 Å². The van der Waals surface area contributed by atoms with Crippen molar-refractivity contribution in [1.29, 1.82) is 0 Å². The molecule has 0 aromatic heterocycles. The van der Waals surface area contributed by atoms with E-state index in [2.05, 4.69) is 13.8 Å². The fraction of sp³-hybridized carbons (Fsp3) is 0.923. The molecule has 4 heteroatoms. The fourth-order valence-electron chi connectivity index (χ4n) is 2.12. The summed E-state index contributed by atoms with van der Waals surface area (Å²) in [5.41, 5.74) is -0.458. The van der Waals surface area contributed by atoms with Gasteiger partial charge in [-0.2, -0.15) is 0 Å². The second-order valence-electron chi connectivity index (χ2n) is 6.19. The Morgan fingerprint density at radius 2 is 2.00 bits per heavy atom. The number of aliphatic hydroxyl groups excluding tert-OH is 1. The molecule has 100 valence electrons. The molecule has 0 bridgehead atoms. The second kappa shape index (κ2) is 5.25. The lowest BCUT2D eigenvalue weighted by Gasteiger charge is -2.38. The van der Waals surface area contributed by atoms with Crippen LogP contribution in [0.1, 0.15) is 41.0 Å². The molecule has 1 saturated heterocycles. The van der Waals surface area contributed by atoms with Crippen molar-refractivity contribution in [2.45, 2.75) is 52.7 Å². The van der Waals surface area contributed by atoms with Gasteiger partial charge >= 0.3 is 6.09 Å². The highest BCUT2D eigenvalue weighted by Gasteiger charge is 2.33. The molecular weight excluding hydrogens is 218 g/mol. The maximum Gasteiger partial charge on any atom is 0.410 e. The van der Waals surface area contributed by atoms with E-state index in [1.807, 2.05) is 20.8 Å². The molecule has 1 heterocycles. The number of aliphatic hydroxyl groups is 1. The Labute approximate surface area is 104 Å². The monoisotopic (exact) mass is 243 g/mol. The fourth-order valence-corrected chi connectivity index (χ4v) is 2.12. The first kappa shape index (κ1) is 14.3. The van der Waals surface area contributed by atoms with Crippen molar-refractivity contribution in [3.63, 3.8) is 0 Å². The van der Waals surface area contributed by atoms with Gasteiger partial charge < -0.3 is 14.7 Å². The predicted octanol–water partition coefficient (Wildman–Crippen LogP) is 2.26. The van der Waals surface area contributed by atoms with Gasteiger partial charge in [0, 0.05) is 19.0 Å². The topological polar surface area (TPSA) is 49.8 Å². The molecule has 1 fully saturated rings. The van der Waals surface area contributed by atoms with E-state index in [-0.39, 0.29) is 18.1 Å². The molecular formula is C13H25NO3. The Balaban J connectivity index is 2.59. The van der Waals surface area contributed by atoms with Gasteiger partial charge in [0.1, 0.15) is 5.60 Å². The van der Waals surface area contributed by atoms with Gasteiger partial charge in [-0.3, -0.25) is 0 Å². The molecule has 0 saturated carbocycles. The Kier molecular flexibility index (Phi) is 4.42. The number of carbonyl (C=O) groups excluding carboxylic acids is 1. The SMILES string of the molecule is CC(C)[C@H]1CN(C(=O)OC(C)(C)C)CC[C@H]1O. The zero-order chi connectivity index (χ0) is 13.2. The van der Waals surface area contributed by atoms with Crippen LogP contribution < -0.4 is 0 Å². The van der Waals surface area contributed by atoms with Crippen molar-refractivity contribution in [2.24, 2.45) is 11.8 Å². The number of hydrogen-bond acceptors (Lipinski definition) is 3. The number of piperidine rings is 1. The van der Waals surface area contributed by atoms with Crippen LogP contribution in [-0.4, -0.2) is 40.9 Å². The molecule has 0 radical (unpaired) electrons. The zero-order valence-corrected chi connectivity index (χ0v) is 11.6. The molecule has 2 atom stereocenters. The molecule has 1 amide bonds. The third kappa shape index (κ3) is 4.19. The van der Waals surface area contributed by atoms with Gasteiger partial charge in [0.05, 0.1) is 6.10 Å². The number of hydrogen-bond donors (Lipinski definition) is 1. The molecule has 4 nitrogen and oxygen atoms in total. The standard InChI is InChI=1S/C13H25NO3/c1-9(2)10-8-14(7-6-11(10)15)12(16)17-13(3,4)5/h9-11,15H,6-8H2,1-5H3/t10-,11-/m1/s1. The van der Waals surface area contributed by atoms with Gasteiger partial charge in [-0.25, -0.2) is 4.79 Å². The Hall–Kier alpha value is -0.770. The second-order valence-corrected chi connectivity index (χ2v) is 6.19. The van der Waals surface area contributed by atoms with E-state index in [1.165, 1.54) is 0 Å². The van der Waals surface area contributed by atoms with Crippen molar-refractivity contribution in [3.8, 4) is 0 Å². The summed E-state index contributed by atoms with van der Waals surface area (Å²) in [5.74, 6) is 0.520. The van der Waals surface area contributed by atoms with Crippen molar-refractivity contribution in [3.05, 3.63) is 0 Å². The summed E-state index contributed by atoms with van der Waals surface area (Å²) >= 11 is 0. The Bertz CT molecular complexity index is 270. The summed E-state index contributed by atoms with van der Waals surface area (Å²) in [6.07, 6.45) is 0.0750. The van der Waals surface area contributed by atoms with Gasteiger partial charge in [-0.05, 0) is 33.1 Å². The van der Waals surface area contributed by atoms with E-state index in [9.17, 15) is 9.90 Å². The van der Waals surface area contributed by atoms with Crippen molar-refractivity contribution in [2.75, 3.05) is 13.1 Å². The number of nitrogens with zero attached hydrogens (tertiary/aromatic N) is 1. The number of rotatable bonds is 1. The highest BCUT2D eigenvalue weighted by molar-refractivity contribution is 5.68. The third-order valence-corrected chi connectivity index (χ3v) is 3.13. The van der Waals surface area contributed by atoms with Gasteiger partial charge in [-0.1, -0.05) is 13.8 Å². The van der Waals surface area contributed by atoms with Gasteiger partial charge in [0.2, 0.25) is 0 Å². The van der Waals surface area contributed by atoms with Crippen molar-refractivity contribution < 1.29 is 14.6 Å². The lowest BCUT2D eigenvalue weighted by molar-refractivity contribution is -0.0181. The van der Waals surface area contributed by atoms with Crippen LogP contribution in [0.2, 0.25) is 0 Å².